The molecule has 0 aromatic rings. The number of amides is 1. The second-order valence-electron chi connectivity index (χ2n) is 3.70. The Bertz CT molecular complexity index is 234. The van der Waals surface area contributed by atoms with Gasteiger partial charge in [0.1, 0.15) is 0 Å². The van der Waals surface area contributed by atoms with Gasteiger partial charge >= 0.3 is 12.3 Å². The fourth-order valence-electron chi connectivity index (χ4n) is 0.944. The minimum atomic E-state index is -4.67. The molecule has 0 radical (unpaired) electrons. The van der Waals surface area contributed by atoms with Crippen molar-refractivity contribution < 1.29 is 27.1 Å². The van der Waals surface area contributed by atoms with E-state index in [2.05, 4.69) is 0 Å². The number of carbonyl (C=O) groups excluding carboxylic acids is 1. The van der Waals surface area contributed by atoms with E-state index in [0.29, 0.717) is 0 Å². The fraction of sp³-hybridized carbons (Fsp3) is 0.889. The Balaban J connectivity index is 4.51. The van der Waals surface area contributed by atoms with E-state index in [0.717, 1.165) is 0 Å². The highest BCUT2D eigenvalue weighted by Gasteiger charge is 2.49. The number of halogens is 4. The fourth-order valence-corrected chi connectivity index (χ4v) is 0.944. The normalized spacial score (nSPS) is 14.3. The first-order valence-electron chi connectivity index (χ1n) is 4.69. The molecule has 7 heteroatoms. The maximum absolute atomic E-state index is 12.6. The van der Waals surface area contributed by atoms with Gasteiger partial charge in [-0.05, 0) is 5.92 Å². The number of methoxy groups -OCH3 is 1. The molecule has 1 amide bonds. The lowest BCUT2D eigenvalue weighted by Crippen LogP contribution is -2.51. The van der Waals surface area contributed by atoms with Crippen LogP contribution in [-0.4, -0.2) is 38.0 Å². The van der Waals surface area contributed by atoms with Crippen molar-refractivity contribution in [1.82, 2.24) is 5.32 Å². The van der Waals surface area contributed by atoms with Crippen molar-refractivity contribution in [2.24, 2.45) is 5.92 Å². The molecular weight excluding hydrogens is 230 g/mol. The van der Waals surface area contributed by atoms with Gasteiger partial charge < -0.3 is 10.1 Å². The third-order valence-electron chi connectivity index (χ3n) is 2.04. The van der Waals surface area contributed by atoms with Crippen LogP contribution in [0.15, 0.2) is 0 Å². The molecule has 0 aliphatic rings. The zero-order valence-corrected chi connectivity index (χ0v) is 9.27. The standard InChI is InChI=1S/C9H15F4NO2/c1-5(2)6(4-16-3)14-8(15)9(12,13)7(10)11/h5-7H,4H2,1-3H3,(H,14,15). The Morgan fingerprint density at radius 1 is 1.38 bits per heavy atom. The van der Waals surface area contributed by atoms with Crippen LogP contribution in [0.5, 0.6) is 0 Å². The van der Waals surface area contributed by atoms with Gasteiger partial charge in [-0.3, -0.25) is 4.79 Å². The average molecular weight is 245 g/mol. The van der Waals surface area contributed by atoms with E-state index in [9.17, 15) is 22.4 Å². The van der Waals surface area contributed by atoms with Crippen molar-refractivity contribution in [2.45, 2.75) is 32.2 Å². The molecule has 0 heterocycles. The van der Waals surface area contributed by atoms with Crippen LogP contribution in [-0.2, 0) is 9.53 Å². The van der Waals surface area contributed by atoms with Gasteiger partial charge in [0, 0.05) is 7.11 Å². The first-order chi connectivity index (χ1) is 7.23. The SMILES string of the molecule is COCC(NC(=O)C(F)(F)C(F)F)C(C)C. The maximum atomic E-state index is 12.6. The van der Waals surface area contributed by atoms with E-state index in [-0.39, 0.29) is 12.5 Å². The maximum Gasteiger partial charge on any atom is 0.383 e. The number of ether oxygens (including phenoxy) is 1. The molecule has 0 saturated heterocycles. The predicted molar refractivity (Wildman–Crippen MR) is 49.6 cm³/mol. The summed E-state index contributed by atoms with van der Waals surface area (Å²) in [7, 11) is 1.33. The van der Waals surface area contributed by atoms with Gasteiger partial charge in [-0.1, -0.05) is 13.8 Å². The Kier molecular flexibility index (Phi) is 5.71. The van der Waals surface area contributed by atoms with Crippen LogP contribution >= 0.6 is 0 Å². The van der Waals surface area contributed by atoms with E-state index < -0.39 is 24.3 Å². The molecule has 0 fully saturated rings. The molecule has 0 saturated carbocycles. The van der Waals surface area contributed by atoms with Gasteiger partial charge in [0.2, 0.25) is 0 Å². The lowest BCUT2D eigenvalue weighted by Gasteiger charge is -2.24. The van der Waals surface area contributed by atoms with Crippen LogP contribution in [0.2, 0.25) is 0 Å². The lowest BCUT2D eigenvalue weighted by molar-refractivity contribution is -0.170. The molecule has 0 spiro atoms. The molecular formula is C9H15F4NO2. The van der Waals surface area contributed by atoms with Crippen LogP contribution in [0.3, 0.4) is 0 Å². The van der Waals surface area contributed by atoms with Crippen LogP contribution in [0.4, 0.5) is 17.6 Å². The summed E-state index contributed by atoms with van der Waals surface area (Å²) in [6, 6.07) is -0.720. The summed E-state index contributed by atoms with van der Waals surface area (Å²) in [6.45, 7) is 3.30. The minimum absolute atomic E-state index is 0.0112. The van der Waals surface area contributed by atoms with E-state index in [4.69, 9.17) is 4.74 Å². The molecule has 1 N–H and O–H groups in total. The molecule has 0 aliphatic carbocycles. The second-order valence-corrected chi connectivity index (χ2v) is 3.70. The summed E-state index contributed by atoms with van der Waals surface area (Å²) in [5.74, 6) is -6.84. The van der Waals surface area contributed by atoms with Crippen LogP contribution < -0.4 is 5.32 Å². The molecule has 0 aromatic carbocycles. The molecule has 1 atom stereocenters. The molecule has 0 aliphatic heterocycles. The summed E-state index contributed by atoms with van der Waals surface area (Å²) >= 11 is 0. The van der Waals surface area contributed by atoms with Gasteiger partial charge in [0.15, 0.2) is 0 Å². The van der Waals surface area contributed by atoms with Gasteiger partial charge in [-0.25, -0.2) is 8.78 Å². The number of rotatable bonds is 6. The lowest BCUT2D eigenvalue weighted by atomic mass is 10.1. The zero-order chi connectivity index (χ0) is 12.9. The van der Waals surface area contributed by atoms with Crippen LogP contribution in [0.1, 0.15) is 13.8 Å². The highest BCUT2D eigenvalue weighted by atomic mass is 19.3. The third kappa shape index (κ3) is 3.96. The predicted octanol–water partition coefficient (Wildman–Crippen LogP) is 1.67. The zero-order valence-electron chi connectivity index (χ0n) is 9.27. The van der Waals surface area contributed by atoms with Gasteiger partial charge in [0.05, 0.1) is 12.6 Å². The van der Waals surface area contributed by atoms with Crippen molar-refractivity contribution in [3.8, 4) is 0 Å². The smallest absolute Gasteiger partial charge is 0.383 e. The van der Waals surface area contributed by atoms with Gasteiger partial charge in [-0.2, -0.15) is 8.78 Å². The van der Waals surface area contributed by atoms with E-state index in [1.54, 1.807) is 13.8 Å². The van der Waals surface area contributed by atoms with Crippen molar-refractivity contribution in [2.75, 3.05) is 13.7 Å². The number of hydrogen-bond acceptors (Lipinski definition) is 2. The van der Waals surface area contributed by atoms with E-state index >= 15 is 0 Å². The van der Waals surface area contributed by atoms with E-state index in [1.807, 2.05) is 5.32 Å². The second kappa shape index (κ2) is 6.03. The highest BCUT2D eigenvalue weighted by molar-refractivity contribution is 5.84. The topological polar surface area (TPSA) is 38.3 Å². The Labute approximate surface area is 91.1 Å². The monoisotopic (exact) mass is 245 g/mol. The minimum Gasteiger partial charge on any atom is -0.383 e. The van der Waals surface area contributed by atoms with Crippen LogP contribution in [0.25, 0.3) is 0 Å². The molecule has 0 rings (SSSR count). The highest BCUT2D eigenvalue weighted by Crippen LogP contribution is 2.23. The summed E-state index contributed by atoms with van der Waals surface area (Å²) in [6.07, 6.45) is -4.01. The number of alkyl halides is 4. The quantitative estimate of drug-likeness (QED) is 0.723. The molecule has 1 unspecified atom stereocenters. The van der Waals surface area contributed by atoms with Crippen molar-refractivity contribution in [1.29, 1.82) is 0 Å². The third-order valence-corrected chi connectivity index (χ3v) is 2.04. The summed E-state index contributed by atoms with van der Waals surface area (Å²) in [4.78, 5) is 10.9. The molecule has 3 nitrogen and oxygen atoms in total. The first-order valence-corrected chi connectivity index (χ1v) is 4.69. The first kappa shape index (κ1) is 15.2. The number of nitrogens with one attached hydrogen (secondary N) is 1. The summed E-state index contributed by atoms with van der Waals surface area (Å²) in [5, 5.41) is 1.85. The van der Waals surface area contributed by atoms with Crippen molar-refractivity contribution in [3.63, 3.8) is 0 Å². The Hall–Kier alpha value is -0.850. The van der Waals surface area contributed by atoms with Crippen molar-refractivity contribution >= 4 is 5.91 Å². The Morgan fingerprint density at radius 3 is 2.19 bits per heavy atom. The van der Waals surface area contributed by atoms with E-state index in [1.165, 1.54) is 7.11 Å². The summed E-state index contributed by atoms with van der Waals surface area (Å²) in [5.41, 5.74) is 0. The number of carbonyl (C=O) groups is 1. The van der Waals surface area contributed by atoms with Crippen molar-refractivity contribution in [3.05, 3.63) is 0 Å². The number of hydrogen-bond donors (Lipinski definition) is 1. The van der Waals surface area contributed by atoms with Gasteiger partial charge in [0.25, 0.3) is 5.91 Å². The summed E-state index contributed by atoms with van der Waals surface area (Å²) < 4.78 is 53.6. The van der Waals surface area contributed by atoms with Gasteiger partial charge in [-0.15, -0.1) is 0 Å². The molecule has 0 aromatic heterocycles. The molecule has 16 heavy (non-hydrogen) atoms. The molecule has 96 valence electrons. The van der Waals surface area contributed by atoms with Crippen LogP contribution in [0, 0.1) is 5.92 Å². The Morgan fingerprint density at radius 2 is 1.88 bits per heavy atom. The largest absolute Gasteiger partial charge is 0.383 e. The average Bonchev–Trinajstić information content (AvgIpc) is 2.16. The molecule has 0 bridgehead atoms.